The molecular formula is C13H16ClN3O4. The molecule has 1 fully saturated rings. The molecular weight excluding hydrogens is 298 g/mol. The van der Waals surface area contributed by atoms with Crippen LogP contribution in [0, 0.1) is 10.1 Å². The second kappa shape index (κ2) is 6.73. The predicted molar refractivity (Wildman–Crippen MR) is 77.7 cm³/mol. The van der Waals surface area contributed by atoms with Gasteiger partial charge in [-0.1, -0.05) is 11.6 Å². The zero-order valence-electron chi connectivity index (χ0n) is 11.6. The van der Waals surface area contributed by atoms with Crippen LogP contribution in [0.4, 0.5) is 5.69 Å². The molecule has 0 N–H and O–H groups in total. The Morgan fingerprint density at radius 2 is 2.05 bits per heavy atom. The summed E-state index contributed by atoms with van der Waals surface area (Å²) in [5.74, 6) is -0.174. The van der Waals surface area contributed by atoms with E-state index in [0.29, 0.717) is 18.1 Å². The molecule has 1 aliphatic heterocycles. The summed E-state index contributed by atoms with van der Waals surface area (Å²) in [4.78, 5) is 26.2. The van der Waals surface area contributed by atoms with Gasteiger partial charge in [-0.05, 0) is 13.1 Å². The lowest BCUT2D eigenvalue weighted by atomic mass is 10.3. The van der Waals surface area contributed by atoms with Crippen LogP contribution in [0.15, 0.2) is 18.2 Å². The molecule has 1 heterocycles. The van der Waals surface area contributed by atoms with Crippen LogP contribution in [0.5, 0.6) is 5.75 Å². The van der Waals surface area contributed by atoms with Crippen molar-refractivity contribution in [2.75, 3.05) is 39.8 Å². The van der Waals surface area contributed by atoms with Gasteiger partial charge in [0.15, 0.2) is 12.4 Å². The van der Waals surface area contributed by atoms with E-state index in [-0.39, 0.29) is 24.0 Å². The number of nitrogens with zero attached hydrogens (tertiary/aromatic N) is 3. The average Bonchev–Trinajstić information content (AvgIpc) is 2.45. The first kappa shape index (κ1) is 15.5. The van der Waals surface area contributed by atoms with E-state index in [2.05, 4.69) is 4.90 Å². The van der Waals surface area contributed by atoms with E-state index in [1.807, 2.05) is 7.05 Å². The van der Waals surface area contributed by atoms with Gasteiger partial charge in [0.1, 0.15) is 0 Å². The number of piperazine rings is 1. The van der Waals surface area contributed by atoms with E-state index in [1.165, 1.54) is 18.2 Å². The summed E-state index contributed by atoms with van der Waals surface area (Å²) in [6, 6.07) is 4.02. The Labute approximate surface area is 127 Å². The molecule has 8 heteroatoms. The topological polar surface area (TPSA) is 75.9 Å². The number of halogens is 1. The second-order valence-electron chi connectivity index (χ2n) is 4.84. The van der Waals surface area contributed by atoms with Gasteiger partial charge < -0.3 is 14.5 Å². The smallest absolute Gasteiger partial charge is 0.311 e. The number of nitro groups is 1. The highest BCUT2D eigenvalue weighted by Gasteiger charge is 2.21. The maximum Gasteiger partial charge on any atom is 0.311 e. The number of hydrogen-bond donors (Lipinski definition) is 0. The Kier molecular flexibility index (Phi) is 4.98. The fourth-order valence-corrected chi connectivity index (χ4v) is 2.20. The molecule has 1 aromatic rings. The molecule has 2 rings (SSSR count). The zero-order chi connectivity index (χ0) is 15.4. The van der Waals surface area contributed by atoms with Crippen LogP contribution < -0.4 is 4.74 Å². The maximum atomic E-state index is 12.0. The van der Waals surface area contributed by atoms with Crippen molar-refractivity contribution < 1.29 is 14.5 Å². The molecule has 21 heavy (non-hydrogen) atoms. The molecule has 114 valence electrons. The summed E-state index contributed by atoms with van der Waals surface area (Å²) in [7, 11) is 1.99. The lowest BCUT2D eigenvalue weighted by Crippen LogP contribution is -2.48. The van der Waals surface area contributed by atoms with Gasteiger partial charge in [0, 0.05) is 43.3 Å². The van der Waals surface area contributed by atoms with Crippen LogP contribution in [0.2, 0.25) is 5.02 Å². The standard InChI is InChI=1S/C13H16ClN3O4/c1-15-4-6-16(7-5-15)13(18)9-21-12-8-10(14)2-3-11(12)17(19)20/h2-3,8H,4-7,9H2,1H3. The van der Waals surface area contributed by atoms with E-state index < -0.39 is 4.92 Å². The van der Waals surface area contributed by atoms with Gasteiger partial charge in [-0.15, -0.1) is 0 Å². The van der Waals surface area contributed by atoms with Crippen molar-refractivity contribution in [1.82, 2.24) is 9.80 Å². The van der Waals surface area contributed by atoms with Crippen LogP contribution in [-0.4, -0.2) is 60.5 Å². The Hall–Kier alpha value is -1.86. The summed E-state index contributed by atoms with van der Waals surface area (Å²) in [5.41, 5.74) is -0.203. The predicted octanol–water partition coefficient (Wildman–Crippen LogP) is 1.40. The number of likely N-dealkylation sites (N-methyl/N-ethyl adjacent to an activating group) is 1. The van der Waals surface area contributed by atoms with Crippen molar-refractivity contribution in [2.24, 2.45) is 0 Å². The number of nitro benzene ring substituents is 1. The van der Waals surface area contributed by atoms with E-state index in [0.717, 1.165) is 13.1 Å². The number of amides is 1. The fraction of sp³-hybridized carbons (Fsp3) is 0.462. The molecule has 0 radical (unpaired) electrons. The molecule has 0 bridgehead atoms. The minimum Gasteiger partial charge on any atom is -0.477 e. The highest BCUT2D eigenvalue weighted by Crippen LogP contribution is 2.29. The van der Waals surface area contributed by atoms with Gasteiger partial charge in [0.25, 0.3) is 5.91 Å². The number of benzene rings is 1. The second-order valence-corrected chi connectivity index (χ2v) is 5.28. The van der Waals surface area contributed by atoms with Crippen molar-refractivity contribution >= 4 is 23.2 Å². The van der Waals surface area contributed by atoms with Crippen LogP contribution in [-0.2, 0) is 4.79 Å². The Morgan fingerprint density at radius 3 is 2.67 bits per heavy atom. The van der Waals surface area contributed by atoms with Crippen LogP contribution in [0.3, 0.4) is 0 Å². The molecule has 0 spiro atoms. The Bertz CT molecular complexity index is 544. The molecule has 0 atom stereocenters. The van der Waals surface area contributed by atoms with Crippen LogP contribution in [0.1, 0.15) is 0 Å². The summed E-state index contributed by atoms with van der Waals surface area (Å²) in [6.07, 6.45) is 0. The molecule has 1 aromatic carbocycles. The van der Waals surface area contributed by atoms with Crippen molar-refractivity contribution in [2.45, 2.75) is 0 Å². The summed E-state index contributed by atoms with van der Waals surface area (Å²) >= 11 is 5.80. The quantitative estimate of drug-likeness (QED) is 0.620. The van der Waals surface area contributed by atoms with Crippen molar-refractivity contribution in [3.63, 3.8) is 0 Å². The van der Waals surface area contributed by atoms with Gasteiger partial charge in [0.05, 0.1) is 4.92 Å². The maximum absolute atomic E-state index is 12.0. The number of ether oxygens (including phenoxy) is 1. The summed E-state index contributed by atoms with van der Waals surface area (Å²) in [6.45, 7) is 2.66. The van der Waals surface area contributed by atoms with E-state index in [9.17, 15) is 14.9 Å². The third-order valence-electron chi connectivity index (χ3n) is 3.33. The molecule has 1 aliphatic rings. The van der Waals surface area contributed by atoms with E-state index in [1.54, 1.807) is 4.90 Å². The van der Waals surface area contributed by atoms with E-state index in [4.69, 9.17) is 16.3 Å². The molecule has 0 aliphatic carbocycles. The van der Waals surface area contributed by atoms with Crippen LogP contribution >= 0.6 is 11.6 Å². The van der Waals surface area contributed by atoms with Gasteiger partial charge in [-0.2, -0.15) is 0 Å². The van der Waals surface area contributed by atoms with Crippen LogP contribution in [0.25, 0.3) is 0 Å². The Balaban J connectivity index is 1.98. The van der Waals surface area contributed by atoms with Crippen molar-refractivity contribution in [3.8, 4) is 5.75 Å². The number of carbonyl (C=O) groups is 1. The van der Waals surface area contributed by atoms with Gasteiger partial charge in [-0.3, -0.25) is 14.9 Å². The largest absolute Gasteiger partial charge is 0.477 e. The first-order valence-electron chi connectivity index (χ1n) is 6.50. The number of hydrogen-bond acceptors (Lipinski definition) is 5. The SMILES string of the molecule is CN1CCN(C(=O)COc2cc(Cl)ccc2[N+](=O)[O-])CC1. The first-order valence-corrected chi connectivity index (χ1v) is 6.88. The van der Waals surface area contributed by atoms with Crippen molar-refractivity contribution in [1.29, 1.82) is 0 Å². The minimum absolute atomic E-state index is 0.00924. The zero-order valence-corrected chi connectivity index (χ0v) is 12.4. The third-order valence-corrected chi connectivity index (χ3v) is 3.56. The average molecular weight is 314 g/mol. The first-order chi connectivity index (χ1) is 9.97. The highest BCUT2D eigenvalue weighted by molar-refractivity contribution is 6.30. The molecule has 7 nitrogen and oxygen atoms in total. The van der Waals surface area contributed by atoms with E-state index >= 15 is 0 Å². The van der Waals surface area contributed by atoms with Crippen molar-refractivity contribution in [3.05, 3.63) is 33.3 Å². The molecule has 1 amide bonds. The summed E-state index contributed by atoms with van der Waals surface area (Å²) < 4.78 is 5.29. The lowest BCUT2D eigenvalue weighted by Gasteiger charge is -2.32. The molecule has 0 saturated carbocycles. The Morgan fingerprint density at radius 1 is 1.38 bits per heavy atom. The third kappa shape index (κ3) is 4.05. The lowest BCUT2D eigenvalue weighted by molar-refractivity contribution is -0.385. The number of carbonyl (C=O) groups excluding carboxylic acids is 1. The normalized spacial score (nSPS) is 15.8. The highest BCUT2D eigenvalue weighted by atomic mass is 35.5. The molecule has 1 saturated heterocycles. The molecule has 0 aromatic heterocycles. The minimum atomic E-state index is -0.563. The summed E-state index contributed by atoms with van der Waals surface area (Å²) in [5, 5.41) is 11.2. The van der Waals surface area contributed by atoms with Gasteiger partial charge >= 0.3 is 5.69 Å². The monoisotopic (exact) mass is 313 g/mol. The molecule has 0 unspecified atom stereocenters. The number of rotatable bonds is 4. The fourth-order valence-electron chi connectivity index (χ4n) is 2.04. The van der Waals surface area contributed by atoms with Gasteiger partial charge in [-0.25, -0.2) is 0 Å². The van der Waals surface area contributed by atoms with Gasteiger partial charge in [0.2, 0.25) is 0 Å².